The maximum Gasteiger partial charge on any atom is 0.416 e. The van der Waals surface area contributed by atoms with Crippen LogP contribution in [0.5, 0.6) is 0 Å². The molecule has 0 bridgehead atoms. The number of amides is 2. The SMILES string of the molecule is CCC(CC(=O)N1C(=O)OCC1C1CCCCC1)c1ccccc1. The van der Waals surface area contributed by atoms with Gasteiger partial charge >= 0.3 is 6.09 Å². The summed E-state index contributed by atoms with van der Waals surface area (Å²) < 4.78 is 5.24. The molecular weight excluding hydrogens is 302 g/mol. The van der Waals surface area contributed by atoms with E-state index in [0.717, 1.165) is 24.8 Å². The van der Waals surface area contributed by atoms with Crippen LogP contribution in [-0.2, 0) is 9.53 Å². The third-order valence-corrected chi connectivity index (χ3v) is 5.55. The quantitative estimate of drug-likeness (QED) is 0.799. The maximum atomic E-state index is 12.9. The zero-order valence-electron chi connectivity index (χ0n) is 14.4. The first-order chi connectivity index (χ1) is 11.7. The lowest BCUT2D eigenvalue weighted by atomic mass is 9.83. The molecule has 3 rings (SSSR count). The molecule has 2 aliphatic rings. The van der Waals surface area contributed by atoms with E-state index in [2.05, 4.69) is 19.1 Å². The van der Waals surface area contributed by atoms with Crippen molar-refractivity contribution in [2.45, 2.75) is 63.8 Å². The molecule has 0 N–H and O–H groups in total. The average Bonchev–Trinajstić information content (AvgIpc) is 3.02. The Morgan fingerprint density at radius 2 is 1.92 bits per heavy atom. The Morgan fingerprint density at radius 3 is 2.58 bits per heavy atom. The van der Waals surface area contributed by atoms with Crippen molar-refractivity contribution in [3.8, 4) is 0 Å². The fourth-order valence-electron chi connectivity index (χ4n) is 4.12. The Bertz CT molecular complexity index is 566. The van der Waals surface area contributed by atoms with E-state index in [4.69, 9.17) is 4.74 Å². The van der Waals surface area contributed by atoms with Gasteiger partial charge in [0.1, 0.15) is 6.61 Å². The van der Waals surface area contributed by atoms with Crippen molar-refractivity contribution in [1.82, 2.24) is 4.90 Å². The molecule has 2 atom stereocenters. The summed E-state index contributed by atoms with van der Waals surface area (Å²) in [5.41, 5.74) is 1.16. The second-order valence-corrected chi connectivity index (χ2v) is 7.03. The van der Waals surface area contributed by atoms with Gasteiger partial charge < -0.3 is 4.74 Å². The molecule has 1 aliphatic carbocycles. The van der Waals surface area contributed by atoms with Gasteiger partial charge in [-0.05, 0) is 36.7 Å². The van der Waals surface area contributed by atoms with Crippen LogP contribution in [0.3, 0.4) is 0 Å². The molecule has 24 heavy (non-hydrogen) atoms. The summed E-state index contributed by atoms with van der Waals surface area (Å²) in [6.45, 7) is 2.46. The third-order valence-electron chi connectivity index (χ3n) is 5.55. The molecule has 1 saturated carbocycles. The number of hydrogen-bond acceptors (Lipinski definition) is 3. The number of hydrogen-bond donors (Lipinski definition) is 0. The predicted octanol–water partition coefficient (Wildman–Crippen LogP) is 4.50. The molecule has 1 saturated heterocycles. The zero-order chi connectivity index (χ0) is 16.9. The number of ether oxygens (including phenoxy) is 1. The average molecular weight is 329 g/mol. The number of benzene rings is 1. The number of carbonyl (C=O) groups excluding carboxylic acids is 2. The molecule has 1 aromatic carbocycles. The number of rotatable bonds is 5. The number of imide groups is 1. The van der Waals surface area contributed by atoms with Crippen LogP contribution in [0.25, 0.3) is 0 Å². The third kappa shape index (κ3) is 3.63. The Morgan fingerprint density at radius 1 is 1.21 bits per heavy atom. The molecule has 2 fully saturated rings. The summed E-state index contributed by atoms with van der Waals surface area (Å²) in [4.78, 5) is 26.5. The first kappa shape index (κ1) is 17.0. The molecule has 0 radical (unpaired) electrons. The first-order valence-corrected chi connectivity index (χ1v) is 9.24. The van der Waals surface area contributed by atoms with Crippen LogP contribution >= 0.6 is 0 Å². The van der Waals surface area contributed by atoms with Gasteiger partial charge in [0.05, 0.1) is 6.04 Å². The first-order valence-electron chi connectivity index (χ1n) is 9.24. The lowest BCUT2D eigenvalue weighted by Gasteiger charge is -2.31. The second-order valence-electron chi connectivity index (χ2n) is 7.03. The molecule has 1 aliphatic heterocycles. The summed E-state index contributed by atoms with van der Waals surface area (Å²) in [6, 6.07) is 10.0. The Hall–Kier alpha value is -1.84. The van der Waals surface area contributed by atoms with Crippen molar-refractivity contribution in [3.63, 3.8) is 0 Å². The van der Waals surface area contributed by atoms with Gasteiger partial charge in [-0.2, -0.15) is 0 Å². The van der Waals surface area contributed by atoms with Crippen LogP contribution < -0.4 is 0 Å². The Balaban J connectivity index is 1.70. The highest BCUT2D eigenvalue weighted by molar-refractivity contribution is 5.94. The minimum absolute atomic E-state index is 0.0569. The fraction of sp³-hybridized carbons (Fsp3) is 0.600. The Kier molecular flexibility index (Phi) is 5.54. The van der Waals surface area contributed by atoms with Gasteiger partial charge in [-0.15, -0.1) is 0 Å². The molecule has 4 heteroatoms. The fourth-order valence-corrected chi connectivity index (χ4v) is 4.12. The molecular formula is C20H27NO3. The Labute approximate surface area is 144 Å². The van der Waals surface area contributed by atoms with Gasteiger partial charge in [0, 0.05) is 6.42 Å². The monoisotopic (exact) mass is 329 g/mol. The molecule has 1 heterocycles. The van der Waals surface area contributed by atoms with Gasteiger partial charge in [0.15, 0.2) is 0 Å². The molecule has 1 aromatic rings. The number of nitrogens with zero attached hydrogens (tertiary/aromatic N) is 1. The summed E-state index contributed by atoms with van der Waals surface area (Å²) in [7, 11) is 0. The molecule has 4 nitrogen and oxygen atoms in total. The predicted molar refractivity (Wildman–Crippen MR) is 92.6 cm³/mol. The van der Waals surface area contributed by atoms with Crippen LogP contribution in [0.2, 0.25) is 0 Å². The smallest absolute Gasteiger partial charge is 0.416 e. The van der Waals surface area contributed by atoms with Gasteiger partial charge in [-0.1, -0.05) is 56.5 Å². The topological polar surface area (TPSA) is 46.6 Å². The van der Waals surface area contributed by atoms with Crippen molar-refractivity contribution in [2.75, 3.05) is 6.61 Å². The highest BCUT2D eigenvalue weighted by Gasteiger charge is 2.42. The van der Waals surface area contributed by atoms with Gasteiger partial charge in [0.25, 0.3) is 0 Å². The van der Waals surface area contributed by atoms with Gasteiger partial charge in [-0.25, -0.2) is 9.69 Å². The van der Waals surface area contributed by atoms with Gasteiger partial charge in [-0.3, -0.25) is 4.79 Å². The standard InChI is InChI=1S/C20H27NO3/c1-2-15(16-9-5-3-6-10-16)13-19(22)21-18(14-24-20(21)23)17-11-7-4-8-12-17/h3,5-6,9-10,15,17-18H,2,4,7-8,11-14H2,1H3. The van der Waals surface area contributed by atoms with E-state index in [1.54, 1.807) is 0 Å². The van der Waals surface area contributed by atoms with Crippen LogP contribution in [0, 0.1) is 5.92 Å². The highest BCUT2D eigenvalue weighted by atomic mass is 16.6. The minimum Gasteiger partial charge on any atom is -0.447 e. The number of carbonyl (C=O) groups is 2. The molecule has 0 aromatic heterocycles. The van der Waals surface area contributed by atoms with Crippen LogP contribution in [0.4, 0.5) is 4.79 Å². The minimum atomic E-state index is -0.446. The highest BCUT2D eigenvalue weighted by Crippen LogP contribution is 2.33. The molecule has 2 unspecified atom stereocenters. The van der Waals surface area contributed by atoms with E-state index in [9.17, 15) is 9.59 Å². The van der Waals surface area contributed by atoms with Crippen molar-refractivity contribution in [1.29, 1.82) is 0 Å². The van der Waals surface area contributed by atoms with E-state index in [1.165, 1.54) is 24.2 Å². The summed E-state index contributed by atoms with van der Waals surface area (Å²) >= 11 is 0. The molecule has 130 valence electrons. The van der Waals surface area contributed by atoms with Crippen molar-refractivity contribution < 1.29 is 14.3 Å². The largest absolute Gasteiger partial charge is 0.447 e. The van der Waals surface area contributed by atoms with E-state index in [1.807, 2.05) is 18.2 Å². The van der Waals surface area contributed by atoms with E-state index >= 15 is 0 Å². The van der Waals surface area contributed by atoms with Crippen molar-refractivity contribution >= 4 is 12.0 Å². The summed E-state index contributed by atoms with van der Waals surface area (Å²) in [5.74, 6) is 0.480. The lowest BCUT2D eigenvalue weighted by molar-refractivity contribution is -0.130. The van der Waals surface area contributed by atoms with Crippen LogP contribution in [-0.4, -0.2) is 29.5 Å². The zero-order valence-corrected chi connectivity index (χ0v) is 14.4. The molecule has 0 spiro atoms. The van der Waals surface area contributed by atoms with Gasteiger partial charge in [0.2, 0.25) is 5.91 Å². The van der Waals surface area contributed by atoms with Crippen molar-refractivity contribution in [2.24, 2.45) is 5.92 Å². The van der Waals surface area contributed by atoms with E-state index in [0.29, 0.717) is 18.9 Å². The normalized spacial score (nSPS) is 23.1. The summed E-state index contributed by atoms with van der Waals surface area (Å²) in [5, 5.41) is 0. The second kappa shape index (κ2) is 7.82. The lowest BCUT2D eigenvalue weighted by Crippen LogP contribution is -2.44. The molecule has 2 amide bonds. The van der Waals surface area contributed by atoms with E-state index in [-0.39, 0.29) is 17.9 Å². The maximum absolute atomic E-state index is 12.9. The van der Waals surface area contributed by atoms with Crippen LogP contribution in [0.15, 0.2) is 30.3 Å². The summed E-state index contributed by atoms with van der Waals surface area (Å²) in [6.07, 6.45) is 6.65. The number of cyclic esters (lactones) is 1. The van der Waals surface area contributed by atoms with E-state index < -0.39 is 6.09 Å². The van der Waals surface area contributed by atoms with Crippen molar-refractivity contribution in [3.05, 3.63) is 35.9 Å². The van der Waals surface area contributed by atoms with Crippen LogP contribution in [0.1, 0.15) is 63.4 Å².